The number of rotatable bonds is 6. The topological polar surface area (TPSA) is 0 Å². The molecule has 0 heterocycles. The Morgan fingerprint density at radius 3 is 2.60 bits per heavy atom. The molecule has 56 valence electrons. The van der Waals surface area contributed by atoms with Crippen molar-refractivity contribution in [3.8, 4) is 0 Å². The summed E-state index contributed by atoms with van der Waals surface area (Å²) in [4.78, 5) is 0. The Bertz CT molecular complexity index is 74.1. The maximum Gasteiger partial charge on any atom is -0.0312 e. The molecule has 0 rings (SSSR count). The summed E-state index contributed by atoms with van der Waals surface area (Å²) in [6, 6.07) is 0. The van der Waals surface area contributed by atoms with Gasteiger partial charge >= 0.3 is 0 Å². The van der Waals surface area contributed by atoms with Crippen molar-refractivity contribution in [2.45, 2.75) is 20.3 Å². The van der Waals surface area contributed by atoms with Gasteiger partial charge in [-0.05, 0) is 38.0 Å². The van der Waals surface area contributed by atoms with E-state index in [1.54, 1.807) is 0 Å². The number of unbranched alkanes of at least 4 members (excludes halogenated alkanes) is 2. The van der Waals surface area contributed by atoms with E-state index < -0.39 is 0 Å². The highest BCUT2D eigenvalue weighted by atomic mass is 14.0. The van der Waals surface area contributed by atoms with Gasteiger partial charge in [-0.1, -0.05) is 19.9 Å². The molecule has 0 fully saturated rings. The van der Waals surface area contributed by atoms with E-state index in [9.17, 15) is 0 Å². The van der Waals surface area contributed by atoms with Crippen LogP contribution >= 0.6 is 0 Å². The van der Waals surface area contributed by atoms with Crippen molar-refractivity contribution in [1.82, 2.24) is 0 Å². The van der Waals surface area contributed by atoms with Gasteiger partial charge in [0.1, 0.15) is 0 Å². The molecule has 0 aromatic heterocycles. The van der Waals surface area contributed by atoms with Crippen molar-refractivity contribution in [1.29, 1.82) is 0 Å². The molecule has 0 aromatic carbocycles. The second-order valence-corrected chi connectivity index (χ2v) is 2.41. The number of allylic oxidation sites excluding steroid dienone is 1. The average Bonchev–Trinajstić information content (AvgIpc) is 1.89. The van der Waals surface area contributed by atoms with Gasteiger partial charge in [0.15, 0.2) is 0 Å². The van der Waals surface area contributed by atoms with E-state index in [0.29, 0.717) is 5.92 Å². The molecular formula is C10H16. The Kier molecular flexibility index (Phi) is 6.68. The molecule has 0 N–H and O–H groups in total. The highest BCUT2D eigenvalue weighted by molar-refractivity contribution is 5.04. The number of hydrogen-bond acceptors (Lipinski definition) is 0. The average molecular weight is 136 g/mol. The molecule has 0 nitrogen and oxygen atoms in total. The molecule has 0 amide bonds. The van der Waals surface area contributed by atoms with Crippen LogP contribution in [0, 0.1) is 31.6 Å². The molecule has 0 unspecified atom stereocenters. The lowest BCUT2D eigenvalue weighted by molar-refractivity contribution is 0.696. The molecule has 10 heavy (non-hydrogen) atoms. The Balaban J connectivity index is 3.04. The fourth-order valence-corrected chi connectivity index (χ4v) is 0.706. The molecule has 0 aliphatic rings. The van der Waals surface area contributed by atoms with Crippen molar-refractivity contribution in [2.24, 2.45) is 5.92 Å². The monoisotopic (exact) mass is 136 g/mol. The van der Waals surface area contributed by atoms with Crippen LogP contribution in [0.1, 0.15) is 20.3 Å². The first-order valence-corrected chi connectivity index (χ1v) is 3.71. The molecule has 0 heteroatoms. The van der Waals surface area contributed by atoms with Gasteiger partial charge in [0.25, 0.3) is 0 Å². The minimum Gasteiger partial charge on any atom is -0.103 e. The SMILES string of the molecule is C=CC[C@H](C)[CH][CH][CH][CH]C. The predicted molar refractivity (Wildman–Crippen MR) is 46.9 cm³/mol. The van der Waals surface area contributed by atoms with Crippen molar-refractivity contribution in [3.63, 3.8) is 0 Å². The lowest BCUT2D eigenvalue weighted by Crippen LogP contribution is -1.94. The van der Waals surface area contributed by atoms with Crippen LogP contribution in [0.25, 0.3) is 0 Å². The first-order valence-electron chi connectivity index (χ1n) is 3.71. The molecule has 0 aromatic rings. The first-order chi connectivity index (χ1) is 4.81. The Morgan fingerprint density at radius 1 is 1.40 bits per heavy atom. The van der Waals surface area contributed by atoms with Crippen LogP contribution < -0.4 is 0 Å². The smallest absolute Gasteiger partial charge is 0.0312 e. The third-order valence-electron chi connectivity index (χ3n) is 1.28. The minimum atomic E-state index is 0.619. The van der Waals surface area contributed by atoms with Gasteiger partial charge in [0, 0.05) is 0 Å². The highest BCUT2D eigenvalue weighted by Crippen LogP contribution is 2.09. The summed E-state index contributed by atoms with van der Waals surface area (Å²) < 4.78 is 0. The Morgan fingerprint density at radius 2 is 2.10 bits per heavy atom. The summed E-state index contributed by atoms with van der Waals surface area (Å²) in [5.74, 6) is 0.619. The molecule has 4 radical (unpaired) electrons. The van der Waals surface area contributed by atoms with Gasteiger partial charge in [-0.15, -0.1) is 6.58 Å². The third-order valence-corrected chi connectivity index (χ3v) is 1.28. The lowest BCUT2D eigenvalue weighted by Gasteiger charge is -2.05. The van der Waals surface area contributed by atoms with Gasteiger partial charge in [-0.2, -0.15) is 0 Å². The van der Waals surface area contributed by atoms with Gasteiger partial charge < -0.3 is 0 Å². The second kappa shape index (κ2) is 6.85. The summed E-state index contributed by atoms with van der Waals surface area (Å²) in [7, 11) is 0. The van der Waals surface area contributed by atoms with Crippen LogP contribution in [-0.4, -0.2) is 0 Å². The Labute approximate surface area is 65.3 Å². The zero-order valence-corrected chi connectivity index (χ0v) is 6.88. The molecule has 0 bridgehead atoms. The van der Waals surface area contributed by atoms with E-state index in [2.05, 4.69) is 26.3 Å². The fourth-order valence-electron chi connectivity index (χ4n) is 0.706. The maximum atomic E-state index is 3.68. The largest absolute Gasteiger partial charge is 0.103 e. The zero-order chi connectivity index (χ0) is 7.82. The minimum absolute atomic E-state index is 0.619. The predicted octanol–water partition coefficient (Wildman–Crippen LogP) is 3.04. The van der Waals surface area contributed by atoms with Crippen LogP contribution in [0.5, 0.6) is 0 Å². The number of hydrogen-bond donors (Lipinski definition) is 0. The Hall–Kier alpha value is -0.260. The summed E-state index contributed by atoms with van der Waals surface area (Å²) in [5, 5.41) is 0. The highest BCUT2D eigenvalue weighted by Gasteiger charge is 1.98. The van der Waals surface area contributed by atoms with E-state index in [1.165, 1.54) is 0 Å². The maximum absolute atomic E-state index is 3.68. The van der Waals surface area contributed by atoms with Crippen molar-refractivity contribution >= 4 is 0 Å². The van der Waals surface area contributed by atoms with Crippen LogP contribution in [0.2, 0.25) is 0 Å². The van der Waals surface area contributed by atoms with E-state index >= 15 is 0 Å². The summed E-state index contributed by atoms with van der Waals surface area (Å²) in [6.07, 6.45) is 11.3. The van der Waals surface area contributed by atoms with E-state index in [1.807, 2.05) is 25.8 Å². The van der Waals surface area contributed by atoms with Crippen LogP contribution in [0.15, 0.2) is 12.7 Å². The van der Waals surface area contributed by atoms with Crippen molar-refractivity contribution in [2.75, 3.05) is 0 Å². The van der Waals surface area contributed by atoms with E-state index in [-0.39, 0.29) is 0 Å². The van der Waals surface area contributed by atoms with E-state index in [0.717, 1.165) is 6.42 Å². The van der Waals surface area contributed by atoms with Crippen LogP contribution in [-0.2, 0) is 0 Å². The normalized spacial score (nSPS) is 13.0. The van der Waals surface area contributed by atoms with Crippen molar-refractivity contribution in [3.05, 3.63) is 38.3 Å². The quantitative estimate of drug-likeness (QED) is 0.389. The third kappa shape index (κ3) is 5.87. The first kappa shape index (κ1) is 9.74. The molecule has 0 spiro atoms. The summed E-state index contributed by atoms with van der Waals surface area (Å²) in [6.45, 7) is 7.88. The molecule has 0 saturated heterocycles. The van der Waals surface area contributed by atoms with Crippen LogP contribution in [0.3, 0.4) is 0 Å². The summed E-state index contributed by atoms with van der Waals surface area (Å²) in [5.41, 5.74) is 0. The molecule has 0 aliphatic heterocycles. The van der Waals surface area contributed by atoms with E-state index in [4.69, 9.17) is 0 Å². The van der Waals surface area contributed by atoms with Gasteiger partial charge in [-0.25, -0.2) is 0 Å². The fraction of sp³-hybridized carbons (Fsp3) is 0.400. The lowest BCUT2D eigenvalue weighted by atomic mass is 10.0. The van der Waals surface area contributed by atoms with Gasteiger partial charge in [-0.3, -0.25) is 0 Å². The van der Waals surface area contributed by atoms with Crippen molar-refractivity contribution < 1.29 is 0 Å². The summed E-state index contributed by atoms with van der Waals surface area (Å²) >= 11 is 0. The zero-order valence-electron chi connectivity index (χ0n) is 6.88. The van der Waals surface area contributed by atoms with Gasteiger partial charge in [0.05, 0.1) is 0 Å². The molecule has 0 aliphatic carbocycles. The molecule has 1 atom stereocenters. The second-order valence-electron chi connectivity index (χ2n) is 2.41. The molecule has 0 saturated carbocycles. The standard InChI is InChI=1S/C10H16/c1-4-6-7-9-10(3)8-5-2/h4-7,9-10H,2,8H2,1,3H3/t10-/m0/s1. The van der Waals surface area contributed by atoms with Gasteiger partial charge in [0.2, 0.25) is 0 Å². The van der Waals surface area contributed by atoms with Crippen LogP contribution in [0.4, 0.5) is 0 Å². The molecular weight excluding hydrogens is 120 g/mol.